The number of methoxy groups -OCH3 is 1. The molecule has 2 unspecified atom stereocenters. The fourth-order valence-electron chi connectivity index (χ4n) is 1.17. The maximum atomic E-state index is 11.2. The van der Waals surface area contributed by atoms with Crippen LogP contribution >= 0.6 is 0 Å². The van der Waals surface area contributed by atoms with Gasteiger partial charge in [0.2, 0.25) is 0 Å². The summed E-state index contributed by atoms with van der Waals surface area (Å²) in [7, 11) is 1.32. The molecule has 0 bridgehead atoms. The van der Waals surface area contributed by atoms with Gasteiger partial charge in [0, 0.05) is 0 Å². The van der Waals surface area contributed by atoms with Crippen molar-refractivity contribution in [2.24, 2.45) is 11.8 Å². The lowest BCUT2D eigenvalue weighted by Gasteiger charge is -2.22. The first-order valence-corrected chi connectivity index (χ1v) is 4.41. The topological polar surface area (TPSA) is 46.5 Å². The van der Waals surface area contributed by atoms with E-state index in [1.807, 2.05) is 13.8 Å². The molecule has 76 valence electrons. The number of rotatable bonds is 5. The smallest absolute Gasteiger partial charge is 0.311 e. The molecule has 0 fully saturated rings. The van der Waals surface area contributed by atoms with Crippen molar-refractivity contribution in [2.75, 3.05) is 7.11 Å². The molecule has 0 aromatic heterocycles. The van der Waals surface area contributed by atoms with Gasteiger partial charge in [0.25, 0.3) is 0 Å². The highest BCUT2D eigenvalue weighted by atomic mass is 16.5. The van der Waals surface area contributed by atoms with Gasteiger partial charge < -0.3 is 9.84 Å². The molecule has 0 aliphatic heterocycles. The molecular weight excluding hydrogens is 168 g/mol. The van der Waals surface area contributed by atoms with Crippen LogP contribution in [-0.4, -0.2) is 24.3 Å². The molecule has 0 amide bonds. The van der Waals surface area contributed by atoms with Crippen molar-refractivity contribution in [1.29, 1.82) is 0 Å². The van der Waals surface area contributed by atoms with E-state index >= 15 is 0 Å². The normalized spacial score (nSPS) is 15.2. The number of aliphatic hydroxyl groups excluding tert-OH is 1. The van der Waals surface area contributed by atoms with Crippen LogP contribution in [0.3, 0.4) is 0 Å². The van der Waals surface area contributed by atoms with Gasteiger partial charge in [-0.3, -0.25) is 4.79 Å². The first kappa shape index (κ1) is 12.2. The number of ether oxygens (including phenoxy) is 1. The molecule has 0 heterocycles. The van der Waals surface area contributed by atoms with Crippen LogP contribution in [0.5, 0.6) is 0 Å². The highest BCUT2D eigenvalue weighted by molar-refractivity contribution is 5.73. The molecule has 0 rings (SSSR count). The second-order valence-corrected chi connectivity index (χ2v) is 3.39. The minimum atomic E-state index is -0.662. The third kappa shape index (κ3) is 3.59. The van der Waals surface area contributed by atoms with E-state index in [9.17, 15) is 9.90 Å². The molecule has 3 nitrogen and oxygen atoms in total. The highest BCUT2D eigenvalue weighted by Gasteiger charge is 2.28. The van der Waals surface area contributed by atoms with Gasteiger partial charge >= 0.3 is 5.97 Å². The van der Waals surface area contributed by atoms with E-state index in [-0.39, 0.29) is 11.9 Å². The fourth-order valence-corrected chi connectivity index (χ4v) is 1.17. The lowest BCUT2D eigenvalue weighted by molar-refractivity contribution is -0.150. The Hall–Kier alpha value is -0.830. The molecule has 0 aliphatic rings. The zero-order valence-electron chi connectivity index (χ0n) is 8.49. The average molecular weight is 186 g/mol. The number of allylic oxidation sites excluding steroid dienone is 1. The van der Waals surface area contributed by atoms with Crippen LogP contribution in [0.4, 0.5) is 0 Å². The molecule has 3 heteroatoms. The van der Waals surface area contributed by atoms with Crippen molar-refractivity contribution in [3.63, 3.8) is 0 Å². The molecule has 0 spiro atoms. The maximum absolute atomic E-state index is 11.2. The van der Waals surface area contributed by atoms with E-state index in [0.29, 0.717) is 6.42 Å². The second kappa shape index (κ2) is 5.75. The first-order valence-electron chi connectivity index (χ1n) is 4.41. The Labute approximate surface area is 79.4 Å². The van der Waals surface area contributed by atoms with Crippen LogP contribution in [0.25, 0.3) is 0 Å². The van der Waals surface area contributed by atoms with E-state index in [1.54, 1.807) is 6.08 Å². The van der Waals surface area contributed by atoms with E-state index < -0.39 is 12.0 Å². The number of carbonyl (C=O) groups is 1. The third-order valence-corrected chi connectivity index (χ3v) is 2.02. The quantitative estimate of drug-likeness (QED) is 0.521. The van der Waals surface area contributed by atoms with E-state index in [4.69, 9.17) is 0 Å². The molecule has 0 aromatic carbocycles. The van der Waals surface area contributed by atoms with Crippen LogP contribution in [0.2, 0.25) is 0 Å². The molecular formula is C10H18O3. The molecule has 1 N–H and O–H groups in total. The van der Waals surface area contributed by atoms with Crippen LogP contribution in [-0.2, 0) is 9.53 Å². The van der Waals surface area contributed by atoms with Gasteiger partial charge in [-0.15, -0.1) is 6.58 Å². The Kier molecular flexibility index (Phi) is 5.39. The van der Waals surface area contributed by atoms with Crippen molar-refractivity contribution in [2.45, 2.75) is 26.4 Å². The summed E-state index contributed by atoms with van der Waals surface area (Å²) >= 11 is 0. The lowest BCUT2D eigenvalue weighted by Crippen LogP contribution is -2.32. The van der Waals surface area contributed by atoms with Gasteiger partial charge in [-0.05, 0) is 12.3 Å². The fraction of sp³-hybridized carbons (Fsp3) is 0.700. The third-order valence-electron chi connectivity index (χ3n) is 2.02. The van der Waals surface area contributed by atoms with Gasteiger partial charge in [-0.1, -0.05) is 19.9 Å². The Bertz CT molecular complexity index is 175. The largest absolute Gasteiger partial charge is 0.469 e. The zero-order chi connectivity index (χ0) is 10.4. The molecule has 0 radical (unpaired) electrons. The number of hydrogen-bond donors (Lipinski definition) is 1. The summed E-state index contributed by atoms with van der Waals surface area (Å²) < 4.78 is 4.59. The summed E-state index contributed by atoms with van der Waals surface area (Å²) in [5, 5.41) is 9.67. The monoisotopic (exact) mass is 186 g/mol. The Morgan fingerprint density at radius 2 is 2.15 bits per heavy atom. The molecule has 0 saturated heterocycles. The summed E-state index contributed by atoms with van der Waals surface area (Å²) in [6.45, 7) is 7.27. The minimum absolute atomic E-state index is 0.0454. The molecule has 13 heavy (non-hydrogen) atoms. The molecule has 2 atom stereocenters. The van der Waals surface area contributed by atoms with Crippen LogP contribution in [0.15, 0.2) is 12.7 Å². The lowest BCUT2D eigenvalue weighted by atomic mass is 9.91. The van der Waals surface area contributed by atoms with Gasteiger partial charge in [-0.2, -0.15) is 0 Å². The number of hydrogen-bond acceptors (Lipinski definition) is 3. The number of esters is 1. The van der Waals surface area contributed by atoms with Crippen molar-refractivity contribution >= 4 is 5.97 Å². The van der Waals surface area contributed by atoms with Crippen molar-refractivity contribution in [1.82, 2.24) is 0 Å². The van der Waals surface area contributed by atoms with Crippen molar-refractivity contribution in [3.05, 3.63) is 12.7 Å². The van der Waals surface area contributed by atoms with Crippen molar-refractivity contribution < 1.29 is 14.6 Å². The van der Waals surface area contributed by atoms with Crippen LogP contribution in [0.1, 0.15) is 20.3 Å². The highest BCUT2D eigenvalue weighted by Crippen LogP contribution is 2.18. The molecule has 0 saturated carbocycles. The predicted octanol–water partition coefficient (Wildman–Crippen LogP) is 1.37. The van der Waals surface area contributed by atoms with Gasteiger partial charge in [-0.25, -0.2) is 0 Å². The molecule has 0 aliphatic carbocycles. The number of aliphatic hydroxyl groups is 1. The van der Waals surface area contributed by atoms with Gasteiger partial charge in [0.1, 0.15) is 0 Å². The second-order valence-electron chi connectivity index (χ2n) is 3.39. The summed E-state index contributed by atoms with van der Waals surface area (Å²) in [6, 6.07) is 0. The number of carbonyl (C=O) groups excluding carboxylic acids is 1. The van der Waals surface area contributed by atoms with E-state index in [2.05, 4.69) is 11.3 Å². The Balaban J connectivity index is 4.39. The predicted molar refractivity (Wildman–Crippen MR) is 51.2 cm³/mol. The Morgan fingerprint density at radius 1 is 1.62 bits per heavy atom. The Morgan fingerprint density at radius 3 is 2.46 bits per heavy atom. The first-order chi connectivity index (χ1) is 6.04. The zero-order valence-corrected chi connectivity index (χ0v) is 8.49. The maximum Gasteiger partial charge on any atom is 0.311 e. The minimum Gasteiger partial charge on any atom is -0.469 e. The molecule has 0 aromatic rings. The van der Waals surface area contributed by atoms with E-state index in [0.717, 1.165) is 0 Å². The summed E-state index contributed by atoms with van der Waals surface area (Å²) in [5.41, 5.74) is 0. The van der Waals surface area contributed by atoms with Crippen molar-refractivity contribution in [3.8, 4) is 0 Å². The summed E-state index contributed by atoms with van der Waals surface area (Å²) in [5.74, 6) is -0.812. The van der Waals surface area contributed by atoms with Crippen LogP contribution < -0.4 is 0 Å². The van der Waals surface area contributed by atoms with Gasteiger partial charge in [0.05, 0.1) is 19.1 Å². The standard InChI is InChI=1S/C10H18O3/c1-5-6-8(10(12)13-4)9(11)7(2)3/h5,7-9,11H,1,6H2,2-4H3. The summed E-state index contributed by atoms with van der Waals surface area (Å²) in [6.07, 6.45) is 1.41. The van der Waals surface area contributed by atoms with Crippen LogP contribution in [0, 0.1) is 11.8 Å². The van der Waals surface area contributed by atoms with Gasteiger partial charge in [0.15, 0.2) is 0 Å². The SMILES string of the molecule is C=CCC(C(=O)OC)C(O)C(C)C. The summed E-state index contributed by atoms with van der Waals surface area (Å²) in [4.78, 5) is 11.2. The van der Waals surface area contributed by atoms with E-state index in [1.165, 1.54) is 7.11 Å². The average Bonchev–Trinajstić information content (AvgIpc) is 2.11.